The van der Waals surface area contributed by atoms with E-state index in [1.54, 1.807) is 24.3 Å². The molecule has 0 saturated carbocycles. The summed E-state index contributed by atoms with van der Waals surface area (Å²) in [4.78, 5) is 35.8. The Labute approximate surface area is 169 Å². The summed E-state index contributed by atoms with van der Waals surface area (Å²) in [5.74, 6) is 0.453. The molecule has 1 amide bonds. The maximum Gasteiger partial charge on any atom is 0.268 e. The van der Waals surface area contributed by atoms with Crippen LogP contribution in [0, 0.1) is 0 Å². The van der Waals surface area contributed by atoms with Gasteiger partial charge in [0.15, 0.2) is 0 Å². The van der Waals surface area contributed by atoms with Crippen LogP contribution < -0.4 is 10.9 Å². The van der Waals surface area contributed by atoms with E-state index < -0.39 is 0 Å². The lowest BCUT2D eigenvalue weighted by Crippen LogP contribution is -2.23. The Bertz CT molecular complexity index is 1410. The zero-order chi connectivity index (χ0) is 20.7. The van der Waals surface area contributed by atoms with Crippen LogP contribution in [-0.2, 0) is 6.54 Å². The van der Waals surface area contributed by atoms with Crippen molar-refractivity contribution in [2.24, 2.45) is 0 Å². The van der Waals surface area contributed by atoms with E-state index in [1.165, 1.54) is 22.8 Å². The molecule has 5 aromatic rings. The Hall–Kier alpha value is -4.33. The molecular formula is C22H17N5O3. The molecule has 3 aromatic heterocycles. The quantitative estimate of drug-likeness (QED) is 0.372. The van der Waals surface area contributed by atoms with Crippen LogP contribution in [0.2, 0.25) is 0 Å². The van der Waals surface area contributed by atoms with Crippen molar-refractivity contribution in [3.63, 3.8) is 0 Å². The van der Waals surface area contributed by atoms with E-state index in [1.807, 2.05) is 24.3 Å². The lowest BCUT2D eigenvalue weighted by atomic mass is 10.2. The standard InChI is InChI=1S/C22H17N5O3/c28-15-8-6-14(7-9-15)27-20(29)10-5-13-11-18(26-21(13)27)22(30)23-12-19-24-16-3-1-2-4-17(16)25-19/h1-11,26,28H,12H2,(H,23,30)(H,24,25). The zero-order valence-electron chi connectivity index (χ0n) is 15.7. The van der Waals surface area contributed by atoms with Crippen LogP contribution in [0.5, 0.6) is 5.75 Å². The Morgan fingerprint density at radius 1 is 1.03 bits per heavy atom. The minimum absolute atomic E-state index is 0.108. The summed E-state index contributed by atoms with van der Waals surface area (Å²) < 4.78 is 1.46. The van der Waals surface area contributed by atoms with Crippen LogP contribution in [0.15, 0.2) is 71.5 Å². The Balaban J connectivity index is 1.44. The first-order chi connectivity index (χ1) is 14.6. The molecular weight excluding hydrogens is 382 g/mol. The summed E-state index contributed by atoms with van der Waals surface area (Å²) in [6, 6.07) is 18.7. The molecule has 2 aromatic carbocycles. The smallest absolute Gasteiger partial charge is 0.268 e. The number of aromatic amines is 2. The molecule has 0 aliphatic rings. The van der Waals surface area contributed by atoms with E-state index >= 15 is 0 Å². The highest BCUT2D eigenvalue weighted by Crippen LogP contribution is 2.19. The van der Waals surface area contributed by atoms with Crippen molar-refractivity contribution in [1.29, 1.82) is 0 Å². The van der Waals surface area contributed by atoms with Crippen LogP contribution in [0.1, 0.15) is 16.3 Å². The van der Waals surface area contributed by atoms with Crippen molar-refractivity contribution in [2.75, 3.05) is 0 Å². The number of carbonyl (C=O) groups excluding carboxylic acids is 1. The Morgan fingerprint density at radius 3 is 2.63 bits per heavy atom. The molecule has 0 saturated heterocycles. The molecule has 8 heteroatoms. The van der Waals surface area contributed by atoms with Crippen molar-refractivity contribution in [3.05, 3.63) is 88.6 Å². The summed E-state index contributed by atoms with van der Waals surface area (Å²) in [5, 5.41) is 13.1. The molecule has 4 N–H and O–H groups in total. The number of pyridine rings is 1. The van der Waals surface area contributed by atoms with Crippen LogP contribution >= 0.6 is 0 Å². The largest absolute Gasteiger partial charge is 0.508 e. The number of aromatic hydroxyl groups is 1. The van der Waals surface area contributed by atoms with Gasteiger partial charge in [-0.2, -0.15) is 0 Å². The van der Waals surface area contributed by atoms with Gasteiger partial charge in [-0.25, -0.2) is 4.98 Å². The summed E-state index contributed by atoms with van der Waals surface area (Å²) in [6.45, 7) is 0.244. The number of imidazole rings is 1. The molecule has 0 fully saturated rings. The van der Waals surface area contributed by atoms with E-state index in [0.29, 0.717) is 22.9 Å². The number of fused-ring (bicyclic) bond motifs is 2. The fraction of sp³-hybridized carbons (Fsp3) is 0.0455. The normalized spacial score (nSPS) is 11.2. The minimum Gasteiger partial charge on any atom is -0.508 e. The number of phenols is 1. The van der Waals surface area contributed by atoms with Gasteiger partial charge in [0.05, 0.1) is 23.3 Å². The van der Waals surface area contributed by atoms with Gasteiger partial charge in [0.2, 0.25) is 0 Å². The predicted octanol–water partition coefficient (Wildman–Crippen LogP) is 2.83. The summed E-state index contributed by atoms with van der Waals surface area (Å²) in [6.07, 6.45) is 0. The number of para-hydroxylation sites is 2. The molecule has 0 bridgehead atoms. The van der Waals surface area contributed by atoms with Crippen LogP contribution in [0.25, 0.3) is 27.8 Å². The lowest BCUT2D eigenvalue weighted by molar-refractivity contribution is 0.0946. The monoisotopic (exact) mass is 399 g/mol. The van der Waals surface area contributed by atoms with Crippen molar-refractivity contribution in [2.45, 2.75) is 6.54 Å². The number of nitrogens with one attached hydrogen (secondary N) is 3. The summed E-state index contributed by atoms with van der Waals surface area (Å²) >= 11 is 0. The number of benzene rings is 2. The lowest BCUT2D eigenvalue weighted by Gasteiger charge is -2.07. The topological polar surface area (TPSA) is 116 Å². The third-order valence-electron chi connectivity index (χ3n) is 4.88. The molecule has 0 unspecified atom stereocenters. The van der Waals surface area contributed by atoms with Gasteiger partial charge in [-0.1, -0.05) is 12.1 Å². The van der Waals surface area contributed by atoms with Crippen molar-refractivity contribution in [3.8, 4) is 11.4 Å². The van der Waals surface area contributed by atoms with E-state index in [9.17, 15) is 14.7 Å². The first kappa shape index (κ1) is 17.7. The van der Waals surface area contributed by atoms with Crippen molar-refractivity contribution < 1.29 is 9.90 Å². The summed E-state index contributed by atoms with van der Waals surface area (Å²) in [7, 11) is 0. The third-order valence-corrected chi connectivity index (χ3v) is 4.88. The number of aromatic nitrogens is 4. The van der Waals surface area contributed by atoms with Crippen LogP contribution in [0.3, 0.4) is 0 Å². The molecule has 3 heterocycles. The third kappa shape index (κ3) is 3.10. The molecule has 30 heavy (non-hydrogen) atoms. The number of carbonyl (C=O) groups is 1. The fourth-order valence-electron chi connectivity index (χ4n) is 3.45. The Morgan fingerprint density at radius 2 is 1.83 bits per heavy atom. The number of phenolic OH excluding ortho intramolecular Hbond substituents is 1. The summed E-state index contributed by atoms with van der Waals surface area (Å²) in [5.41, 5.74) is 2.92. The minimum atomic E-state index is -0.309. The highest BCUT2D eigenvalue weighted by atomic mass is 16.3. The highest BCUT2D eigenvalue weighted by Gasteiger charge is 2.14. The van der Waals surface area contributed by atoms with Gasteiger partial charge in [-0.05, 0) is 48.5 Å². The van der Waals surface area contributed by atoms with Crippen LogP contribution in [0.4, 0.5) is 0 Å². The van der Waals surface area contributed by atoms with E-state index in [0.717, 1.165) is 16.4 Å². The highest BCUT2D eigenvalue weighted by molar-refractivity contribution is 5.97. The number of rotatable bonds is 4. The molecule has 0 spiro atoms. The molecule has 8 nitrogen and oxygen atoms in total. The SMILES string of the molecule is O=C(NCc1nc2ccccc2[nH]1)c1cc2ccc(=O)n(-c3ccc(O)cc3)c2[nH]1. The van der Waals surface area contributed by atoms with Gasteiger partial charge in [0.1, 0.15) is 22.9 Å². The van der Waals surface area contributed by atoms with Gasteiger partial charge < -0.3 is 20.4 Å². The predicted molar refractivity (Wildman–Crippen MR) is 113 cm³/mol. The second-order valence-corrected chi connectivity index (χ2v) is 6.89. The zero-order valence-corrected chi connectivity index (χ0v) is 15.7. The number of H-pyrrole nitrogens is 2. The number of hydrogen-bond acceptors (Lipinski definition) is 4. The van der Waals surface area contributed by atoms with Crippen molar-refractivity contribution in [1.82, 2.24) is 24.8 Å². The van der Waals surface area contributed by atoms with E-state index in [4.69, 9.17) is 0 Å². The van der Waals surface area contributed by atoms with E-state index in [2.05, 4.69) is 20.3 Å². The van der Waals surface area contributed by atoms with Gasteiger partial charge >= 0.3 is 0 Å². The number of amides is 1. The first-order valence-corrected chi connectivity index (χ1v) is 9.34. The van der Waals surface area contributed by atoms with Gasteiger partial charge in [0.25, 0.3) is 11.5 Å². The molecule has 0 aliphatic heterocycles. The molecule has 0 aliphatic carbocycles. The van der Waals surface area contributed by atoms with Gasteiger partial charge in [-0.15, -0.1) is 0 Å². The average molecular weight is 399 g/mol. The second-order valence-electron chi connectivity index (χ2n) is 6.89. The fourth-order valence-corrected chi connectivity index (χ4v) is 3.45. The van der Waals surface area contributed by atoms with Gasteiger partial charge in [0, 0.05) is 11.5 Å². The van der Waals surface area contributed by atoms with Gasteiger partial charge in [-0.3, -0.25) is 14.2 Å². The number of hydrogen-bond donors (Lipinski definition) is 4. The molecule has 148 valence electrons. The number of nitrogens with zero attached hydrogens (tertiary/aromatic N) is 2. The van der Waals surface area contributed by atoms with E-state index in [-0.39, 0.29) is 23.8 Å². The van der Waals surface area contributed by atoms with Crippen LogP contribution in [-0.4, -0.2) is 30.5 Å². The first-order valence-electron chi connectivity index (χ1n) is 9.34. The maximum atomic E-state index is 12.7. The average Bonchev–Trinajstić information content (AvgIpc) is 3.36. The Kier molecular flexibility index (Phi) is 4.10. The van der Waals surface area contributed by atoms with Crippen molar-refractivity contribution >= 4 is 28.0 Å². The molecule has 0 atom stereocenters. The second kappa shape index (κ2) is 6.93. The molecule has 5 rings (SSSR count). The molecule has 0 radical (unpaired) electrons. The maximum absolute atomic E-state index is 12.7.